The zero-order valence-electron chi connectivity index (χ0n) is 11.3. The number of nitro benzene ring substituents is 1. The summed E-state index contributed by atoms with van der Waals surface area (Å²) in [6, 6.07) is 4.71. The van der Waals surface area contributed by atoms with Crippen LogP contribution in [-0.4, -0.2) is 17.0 Å². The van der Waals surface area contributed by atoms with E-state index < -0.39 is 4.92 Å². The first-order valence-electron chi connectivity index (χ1n) is 6.14. The number of aromatic nitrogens is 1. The molecule has 0 bridgehead atoms. The van der Waals surface area contributed by atoms with Crippen LogP contribution in [0.3, 0.4) is 0 Å². The molecule has 0 fully saturated rings. The molecule has 0 atom stereocenters. The van der Waals surface area contributed by atoms with E-state index in [9.17, 15) is 10.1 Å². The van der Waals surface area contributed by atoms with Gasteiger partial charge in [0.15, 0.2) is 5.75 Å². The van der Waals surface area contributed by atoms with Crippen LogP contribution in [0.4, 0.5) is 11.4 Å². The fourth-order valence-corrected chi connectivity index (χ4v) is 2.51. The maximum Gasteiger partial charge on any atom is 0.311 e. The van der Waals surface area contributed by atoms with Crippen LogP contribution in [0.1, 0.15) is 16.8 Å². The zero-order valence-corrected chi connectivity index (χ0v) is 12.1. The molecule has 0 spiro atoms. The first-order valence-corrected chi connectivity index (χ1v) is 6.95. The van der Waals surface area contributed by atoms with E-state index in [-0.39, 0.29) is 11.4 Å². The van der Waals surface area contributed by atoms with E-state index in [0.29, 0.717) is 6.54 Å². The third kappa shape index (κ3) is 3.24. The second-order valence-corrected chi connectivity index (χ2v) is 5.27. The number of hydrogen-bond acceptors (Lipinski definition) is 6. The van der Waals surface area contributed by atoms with Gasteiger partial charge in [-0.25, -0.2) is 4.98 Å². The van der Waals surface area contributed by atoms with Gasteiger partial charge in [-0.1, -0.05) is 6.92 Å². The minimum atomic E-state index is -0.461. The summed E-state index contributed by atoms with van der Waals surface area (Å²) in [6.45, 7) is 2.68. The third-order valence-electron chi connectivity index (χ3n) is 2.77. The Balaban J connectivity index is 2.08. The Morgan fingerprint density at radius 2 is 2.30 bits per heavy atom. The number of rotatable bonds is 6. The molecule has 1 aromatic heterocycles. The van der Waals surface area contributed by atoms with Gasteiger partial charge in [-0.15, -0.1) is 11.3 Å². The fourth-order valence-electron chi connectivity index (χ4n) is 1.71. The molecule has 1 heterocycles. The van der Waals surface area contributed by atoms with Gasteiger partial charge in [-0.05, 0) is 12.5 Å². The molecule has 7 heteroatoms. The molecule has 106 valence electrons. The van der Waals surface area contributed by atoms with E-state index in [1.165, 1.54) is 18.1 Å². The van der Waals surface area contributed by atoms with E-state index in [2.05, 4.69) is 17.2 Å². The maximum atomic E-state index is 10.8. The van der Waals surface area contributed by atoms with Crippen molar-refractivity contribution in [1.82, 2.24) is 4.98 Å². The molecule has 0 unspecified atom stereocenters. The molecule has 20 heavy (non-hydrogen) atoms. The van der Waals surface area contributed by atoms with Crippen molar-refractivity contribution in [3.63, 3.8) is 0 Å². The van der Waals surface area contributed by atoms with Crippen molar-refractivity contribution < 1.29 is 9.66 Å². The first kappa shape index (κ1) is 14.3. The third-order valence-corrected chi connectivity index (χ3v) is 3.91. The van der Waals surface area contributed by atoms with Gasteiger partial charge in [0.2, 0.25) is 0 Å². The molecule has 0 aliphatic rings. The van der Waals surface area contributed by atoms with Crippen LogP contribution in [0.5, 0.6) is 5.75 Å². The Bertz CT molecular complexity index is 613. The molecule has 2 rings (SSSR count). The number of ether oxygens (including phenoxy) is 1. The first-order chi connectivity index (χ1) is 9.63. The number of nitrogens with one attached hydrogen (secondary N) is 1. The van der Waals surface area contributed by atoms with E-state index in [1.807, 2.05) is 6.20 Å². The number of nitro groups is 1. The summed E-state index contributed by atoms with van der Waals surface area (Å²) < 4.78 is 5.03. The number of methoxy groups -OCH3 is 1. The lowest BCUT2D eigenvalue weighted by Gasteiger charge is -2.07. The van der Waals surface area contributed by atoms with Gasteiger partial charge < -0.3 is 10.1 Å². The van der Waals surface area contributed by atoms with Gasteiger partial charge in [0.25, 0.3) is 0 Å². The van der Waals surface area contributed by atoms with Crippen LogP contribution in [0.15, 0.2) is 24.4 Å². The van der Waals surface area contributed by atoms with Crippen molar-refractivity contribution in [2.75, 3.05) is 12.4 Å². The highest BCUT2D eigenvalue weighted by Crippen LogP contribution is 2.29. The minimum absolute atomic E-state index is 0.0411. The van der Waals surface area contributed by atoms with Crippen molar-refractivity contribution >= 4 is 22.7 Å². The highest BCUT2D eigenvalue weighted by Gasteiger charge is 2.14. The Kier molecular flexibility index (Phi) is 4.52. The summed E-state index contributed by atoms with van der Waals surface area (Å²) in [5, 5.41) is 15.0. The largest absolute Gasteiger partial charge is 0.490 e. The smallest absolute Gasteiger partial charge is 0.311 e. The van der Waals surface area contributed by atoms with Crippen LogP contribution >= 0.6 is 11.3 Å². The Hall–Kier alpha value is -2.15. The van der Waals surface area contributed by atoms with E-state index in [0.717, 1.165) is 17.1 Å². The topological polar surface area (TPSA) is 77.3 Å². The Labute approximate surface area is 120 Å². The monoisotopic (exact) mass is 293 g/mol. The summed E-state index contributed by atoms with van der Waals surface area (Å²) in [5.74, 6) is 0.244. The number of anilines is 1. The van der Waals surface area contributed by atoms with Crippen LogP contribution in [0, 0.1) is 10.1 Å². The van der Waals surface area contributed by atoms with Gasteiger partial charge in [0.1, 0.15) is 5.01 Å². The van der Waals surface area contributed by atoms with E-state index >= 15 is 0 Å². The fraction of sp³-hybridized carbons (Fsp3) is 0.308. The van der Waals surface area contributed by atoms with Gasteiger partial charge in [-0.3, -0.25) is 10.1 Å². The number of aryl methyl sites for hydroxylation is 1. The van der Waals surface area contributed by atoms with Crippen molar-refractivity contribution in [2.45, 2.75) is 19.9 Å². The van der Waals surface area contributed by atoms with Crippen LogP contribution in [-0.2, 0) is 13.0 Å². The Morgan fingerprint density at radius 3 is 2.90 bits per heavy atom. The second-order valence-electron chi connectivity index (χ2n) is 4.07. The average Bonchev–Trinajstić information content (AvgIpc) is 2.92. The molecule has 0 saturated heterocycles. The van der Waals surface area contributed by atoms with Crippen molar-refractivity contribution in [1.29, 1.82) is 0 Å². The number of hydrogen-bond donors (Lipinski definition) is 1. The van der Waals surface area contributed by atoms with Gasteiger partial charge in [0, 0.05) is 28.9 Å². The van der Waals surface area contributed by atoms with Crippen molar-refractivity contribution in [2.24, 2.45) is 0 Å². The lowest BCUT2D eigenvalue weighted by molar-refractivity contribution is -0.385. The average molecular weight is 293 g/mol. The summed E-state index contributed by atoms with van der Waals surface area (Å²) >= 11 is 1.66. The summed E-state index contributed by atoms with van der Waals surface area (Å²) in [6.07, 6.45) is 2.85. The van der Waals surface area contributed by atoms with E-state index in [4.69, 9.17) is 4.74 Å². The minimum Gasteiger partial charge on any atom is -0.490 e. The highest BCUT2D eigenvalue weighted by molar-refractivity contribution is 7.11. The number of nitrogens with zero attached hydrogens (tertiary/aromatic N) is 2. The predicted molar refractivity (Wildman–Crippen MR) is 78.5 cm³/mol. The predicted octanol–water partition coefficient (Wildman–Crippen LogP) is 3.23. The molecule has 0 aliphatic heterocycles. The SMILES string of the molecule is CCc1cnc(CNc2ccc([N+](=O)[O-])c(OC)c2)s1. The molecular formula is C13H15N3O3S. The molecule has 1 N–H and O–H groups in total. The normalized spacial score (nSPS) is 10.3. The number of thiazole rings is 1. The number of benzene rings is 1. The van der Waals surface area contributed by atoms with Crippen LogP contribution in [0.2, 0.25) is 0 Å². The van der Waals surface area contributed by atoms with Gasteiger partial charge in [-0.2, -0.15) is 0 Å². The highest BCUT2D eigenvalue weighted by atomic mass is 32.1. The van der Waals surface area contributed by atoms with Crippen LogP contribution < -0.4 is 10.1 Å². The molecule has 2 aromatic rings. The van der Waals surface area contributed by atoms with Gasteiger partial charge in [0.05, 0.1) is 18.6 Å². The summed E-state index contributed by atoms with van der Waals surface area (Å²) in [7, 11) is 1.42. The molecule has 0 amide bonds. The lowest BCUT2D eigenvalue weighted by Crippen LogP contribution is -2.00. The zero-order chi connectivity index (χ0) is 14.5. The van der Waals surface area contributed by atoms with Crippen molar-refractivity contribution in [3.8, 4) is 5.75 Å². The quantitative estimate of drug-likeness (QED) is 0.653. The standard InChI is InChI=1S/C13H15N3O3S/c1-3-10-7-15-13(20-10)8-14-9-4-5-11(16(17)18)12(6-9)19-2/h4-7,14H,3,8H2,1-2H3. The second kappa shape index (κ2) is 6.33. The van der Waals surface area contributed by atoms with Crippen LogP contribution in [0.25, 0.3) is 0 Å². The molecule has 6 nitrogen and oxygen atoms in total. The van der Waals surface area contributed by atoms with E-state index in [1.54, 1.807) is 23.5 Å². The molecule has 1 aromatic carbocycles. The maximum absolute atomic E-state index is 10.8. The Morgan fingerprint density at radius 1 is 1.50 bits per heavy atom. The van der Waals surface area contributed by atoms with Gasteiger partial charge >= 0.3 is 5.69 Å². The lowest BCUT2D eigenvalue weighted by atomic mass is 10.2. The molecular weight excluding hydrogens is 278 g/mol. The van der Waals surface area contributed by atoms with Crippen molar-refractivity contribution in [3.05, 3.63) is 44.4 Å². The molecule has 0 radical (unpaired) electrons. The summed E-state index contributed by atoms with van der Waals surface area (Å²) in [5.41, 5.74) is 0.723. The molecule has 0 aliphatic carbocycles. The molecule has 0 saturated carbocycles. The summed E-state index contributed by atoms with van der Waals surface area (Å²) in [4.78, 5) is 15.9.